The van der Waals surface area contributed by atoms with E-state index in [1.807, 2.05) is 48.5 Å². The lowest BCUT2D eigenvalue weighted by Gasteiger charge is -2.23. The van der Waals surface area contributed by atoms with Gasteiger partial charge in [0.2, 0.25) is 0 Å². The minimum absolute atomic E-state index is 0. The number of rotatable bonds is 7. The van der Waals surface area contributed by atoms with Crippen molar-refractivity contribution in [3.05, 3.63) is 75.2 Å². The van der Waals surface area contributed by atoms with Gasteiger partial charge in [-0.15, -0.1) is 12.4 Å². The van der Waals surface area contributed by atoms with Crippen LogP contribution in [0.4, 0.5) is 0 Å². The molecule has 1 aliphatic carbocycles. The number of aromatic nitrogens is 2. The predicted octanol–water partition coefficient (Wildman–Crippen LogP) is 6.63. The van der Waals surface area contributed by atoms with Gasteiger partial charge in [-0.1, -0.05) is 61.2 Å². The van der Waals surface area contributed by atoms with Crippen LogP contribution < -0.4 is 5.56 Å². The summed E-state index contributed by atoms with van der Waals surface area (Å²) in [6.07, 6.45) is 9.98. The number of fused-ring (bicyclic) bond motifs is 1. The van der Waals surface area contributed by atoms with Crippen molar-refractivity contribution < 1.29 is 4.79 Å². The molecule has 0 spiro atoms. The average Bonchev–Trinajstić information content (AvgIpc) is 3.16. The maximum Gasteiger partial charge on any atom is 0.274 e. The second-order valence-electron chi connectivity index (χ2n) is 10.5. The number of carbonyl (C=O) groups is 1. The van der Waals surface area contributed by atoms with E-state index >= 15 is 0 Å². The van der Waals surface area contributed by atoms with Gasteiger partial charge in [-0.25, -0.2) is 4.68 Å². The molecule has 0 radical (unpaired) electrons. The van der Waals surface area contributed by atoms with Crippen molar-refractivity contribution in [2.45, 2.75) is 70.3 Å². The molecule has 7 heteroatoms. The molecular weight excluding hydrogens is 505 g/mol. The molecule has 37 heavy (non-hydrogen) atoms. The first kappa shape index (κ1) is 27.8. The summed E-state index contributed by atoms with van der Waals surface area (Å²) < 4.78 is 1.75. The van der Waals surface area contributed by atoms with Gasteiger partial charge in [0.05, 0.1) is 17.1 Å². The summed E-state index contributed by atoms with van der Waals surface area (Å²) in [5.41, 5.74) is 2.04. The Bertz CT molecular complexity index is 1250. The van der Waals surface area contributed by atoms with E-state index in [9.17, 15) is 9.59 Å². The summed E-state index contributed by atoms with van der Waals surface area (Å²) in [6, 6.07) is 15.7. The van der Waals surface area contributed by atoms with Crippen LogP contribution in [0.5, 0.6) is 0 Å². The molecule has 1 aliphatic heterocycles. The number of carbonyl (C=O) groups excluding carboxylic acids is 1. The van der Waals surface area contributed by atoms with Crippen LogP contribution in [-0.2, 0) is 11.2 Å². The monoisotopic (exact) mass is 541 g/mol. The van der Waals surface area contributed by atoms with Gasteiger partial charge >= 0.3 is 0 Å². The Labute approximate surface area is 230 Å². The molecule has 1 saturated carbocycles. The zero-order valence-electron chi connectivity index (χ0n) is 21.4. The number of nitrogens with zero attached hydrogens (tertiary/aromatic N) is 3. The van der Waals surface area contributed by atoms with E-state index in [4.69, 9.17) is 16.7 Å². The second kappa shape index (κ2) is 13.0. The third kappa shape index (κ3) is 6.81. The van der Waals surface area contributed by atoms with Crippen LogP contribution >= 0.6 is 24.0 Å². The fourth-order valence-corrected chi connectivity index (χ4v) is 6.08. The summed E-state index contributed by atoms with van der Waals surface area (Å²) >= 11 is 6.08. The van der Waals surface area contributed by atoms with Crippen LogP contribution in [0.25, 0.3) is 10.8 Å². The van der Waals surface area contributed by atoms with Gasteiger partial charge in [0.1, 0.15) is 5.78 Å². The van der Waals surface area contributed by atoms with Crippen molar-refractivity contribution in [2.75, 3.05) is 19.6 Å². The van der Waals surface area contributed by atoms with Crippen LogP contribution in [0.2, 0.25) is 5.02 Å². The maximum atomic E-state index is 13.5. The minimum atomic E-state index is -0.00335. The number of likely N-dealkylation sites (tertiary alicyclic amines) is 1. The Morgan fingerprint density at radius 3 is 2.38 bits per heavy atom. The predicted molar refractivity (Wildman–Crippen MR) is 153 cm³/mol. The number of Topliss-reactive ketones (excluding diaryl/α,β-unsaturated/α-hetero) is 1. The summed E-state index contributed by atoms with van der Waals surface area (Å²) in [5.74, 6) is 0.743. The largest absolute Gasteiger partial charge is 0.303 e. The highest BCUT2D eigenvalue weighted by molar-refractivity contribution is 6.30. The number of benzene rings is 2. The molecular formula is C30H37Cl2N3O2. The van der Waals surface area contributed by atoms with Gasteiger partial charge in [-0.05, 0) is 62.4 Å². The van der Waals surface area contributed by atoms with Crippen molar-refractivity contribution in [1.82, 2.24) is 14.7 Å². The number of hydrogen-bond acceptors (Lipinski definition) is 4. The van der Waals surface area contributed by atoms with E-state index in [0.717, 1.165) is 73.8 Å². The van der Waals surface area contributed by atoms with E-state index < -0.39 is 0 Å². The molecule has 1 unspecified atom stereocenters. The van der Waals surface area contributed by atoms with Crippen LogP contribution in [0.1, 0.15) is 75.1 Å². The molecule has 0 bridgehead atoms. The molecule has 198 valence electrons. The van der Waals surface area contributed by atoms with Gasteiger partial charge in [0, 0.05) is 42.3 Å². The molecule has 1 saturated heterocycles. The zero-order valence-corrected chi connectivity index (χ0v) is 23.0. The molecule has 2 aliphatic rings. The first-order valence-electron chi connectivity index (χ1n) is 13.6. The van der Waals surface area contributed by atoms with E-state index in [1.54, 1.807) is 4.68 Å². The smallest absolute Gasteiger partial charge is 0.274 e. The Morgan fingerprint density at radius 2 is 1.62 bits per heavy atom. The maximum absolute atomic E-state index is 13.5. The van der Waals surface area contributed by atoms with Crippen molar-refractivity contribution in [1.29, 1.82) is 0 Å². The molecule has 2 heterocycles. The van der Waals surface area contributed by atoms with Crippen molar-refractivity contribution in [2.24, 2.45) is 5.92 Å². The highest BCUT2D eigenvalue weighted by Crippen LogP contribution is 2.27. The summed E-state index contributed by atoms with van der Waals surface area (Å²) in [7, 11) is 0. The Hall–Kier alpha value is -2.21. The van der Waals surface area contributed by atoms with Gasteiger partial charge in [0.25, 0.3) is 5.56 Å². The zero-order chi connectivity index (χ0) is 24.9. The van der Waals surface area contributed by atoms with Crippen LogP contribution in [0.3, 0.4) is 0 Å². The summed E-state index contributed by atoms with van der Waals surface area (Å²) in [6.45, 7) is 2.72. The van der Waals surface area contributed by atoms with Gasteiger partial charge in [-0.2, -0.15) is 5.10 Å². The third-order valence-electron chi connectivity index (χ3n) is 8.06. The van der Waals surface area contributed by atoms with Crippen LogP contribution in [0.15, 0.2) is 53.3 Å². The molecule has 2 aromatic carbocycles. The normalized spacial score (nSPS) is 19.3. The molecule has 5 rings (SSSR count). The van der Waals surface area contributed by atoms with E-state index in [2.05, 4.69) is 4.90 Å². The fourth-order valence-electron chi connectivity index (χ4n) is 5.95. The highest BCUT2D eigenvalue weighted by atomic mass is 35.5. The number of ketones is 1. The van der Waals surface area contributed by atoms with Gasteiger partial charge in [0.15, 0.2) is 0 Å². The van der Waals surface area contributed by atoms with Gasteiger partial charge < -0.3 is 4.90 Å². The lowest BCUT2D eigenvalue weighted by Crippen LogP contribution is -2.31. The highest BCUT2D eigenvalue weighted by Gasteiger charge is 2.24. The molecule has 2 fully saturated rings. The van der Waals surface area contributed by atoms with E-state index in [1.165, 1.54) is 19.3 Å². The second-order valence-corrected chi connectivity index (χ2v) is 11.0. The minimum Gasteiger partial charge on any atom is -0.303 e. The Balaban J connectivity index is 0.00000320. The van der Waals surface area contributed by atoms with Crippen molar-refractivity contribution >= 4 is 40.6 Å². The lowest BCUT2D eigenvalue weighted by molar-refractivity contribution is -0.124. The average molecular weight is 543 g/mol. The number of hydrogen-bond donors (Lipinski definition) is 0. The standard InChI is InChI=1S/C30H36ClN3O2.ClH/c31-24-14-12-22(13-15-24)21-28-26-10-4-5-11-27(26)30(36)34(32-28)25-9-6-18-33(19-16-25)20-17-29(35)23-7-2-1-3-8-23;/h4-5,10-15,23,25H,1-3,6-9,16-21H2;1H. The van der Waals surface area contributed by atoms with E-state index in [-0.39, 0.29) is 29.9 Å². The number of halogens is 2. The first-order valence-corrected chi connectivity index (χ1v) is 14.0. The SMILES string of the molecule is Cl.O=C(CCN1CCCC(n2nc(Cc3ccc(Cl)cc3)c3ccccc3c2=O)CC1)C1CCCCC1. The Kier molecular flexibility index (Phi) is 9.80. The van der Waals surface area contributed by atoms with Crippen LogP contribution in [0, 0.1) is 5.92 Å². The molecule has 3 aromatic rings. The molecule has 0 amide bonds. The van der Waals surface area contributed by atoms with Crippen molar-refractivity contribution in [3.63, 3.8) is 0 Å². The topological polar surface area (TPSA) is 55.2 Å². The Morgan fingerprint density at radius 1 is 0.892 bits per heavy atom. The third-order valence-corrected chi connectivity index (χ3v) is 8.31. The lowest BCUT2D eigenvalue weighted by atomic mass is 9.85. The first-order chi connectivity index (χ1) is 17.6. The van der Waals surface area contributed by atoms with E-state index in [0.29, 0.717) is 23.6 Å². The molecule has 0 N–H and O–H groups in total. The van der Waals surface area contributed by atoms with Crippen molar-refractivity contribution in [3.8, 4) is 0 Å². The summed E-state index contributed by atoms with van der Waals surface area (Å²) in [5, 5.41) is 7.31. The van der Waals surface area contributed by atoms with Crippen LogP contribution in [-0.4, -0.2) is 40.1 Å². The summed E-state index contributed by atoms with van der Waals surface area (Å²) in [4.78, 5) is 28.6. The molecule has 1 atom stereocenters. The quantitative estimate of drug-likeness (QED) is 0.336. The van der Waals surface area contributed by atoms with Gasteiger partial charge in [-0.3, -0.25) is 9.59 Å². The molecule has 1 aromatic heterocycles. The fraction of sp³-hybridized carbons (Fsp3) is 0.500. The molecule has 5 nitrogen and oxygen atoms in total.